The standard InChI is InChI=1S/C31H34F3N5O5S/c1-42-23-9-10-27(43-2)24(18-23)26-19-25(28-4-3-17-45-28)36-39(26)29(40)20-38(12-11-37-13-15-44-16-14-37)30(41)35-22-7-5-21(6-8-22)31(32,33)34/h3-10,17-18,26H,11-16,19-20H2,1-2H3,(H,35,41)/t26-/m0/s1. The first-order valence-electron chi connectivity index (χ1n) is 14.3. The maximum atomic E-state index is 14.0. The van der Waals surface area contributed by atoms with E-state index in [9.17, 15) is 22.8 Å². The summed E-state index contributed by atoms with van der Waals surface area (Å²) >= 11 is 1.51. The zero-order valence-corrected chi connectivity index (χ0v) is 25.7. The number of carbonyl (C=O) groups excluding carboxylic acids is 2. The number of amides is 3. The number of morpholine rings is 1. The molecule has 1 saturated heterocycles. The average molecular weight is 646 g/mol. The molecule has 240 valence electrons. The van der Waals surface area contributed by atoms with Crippen LogP contribution in [0.4, 0.5) is 23.7 Å². The number of alkyl halides is 3. The molecule has 1 N–H and O–H groups in total. The van der Waals surface area contributed by atoms with E-state index < -0.39 is 29.7 Å². The van der Waals surface area contributed by atoms with Gasteiger partial charge >= 0.3 is 12.2 Å². The van der Waals surface area contributed by atoms with Gasteiger partial charge in [-0.25, -0.2) is 9.80 Å². The number of hydrazone groups is 1. The number of carbonyl (C=O) groups is 2. The predicted molar refractivity (Wildman–Crippen MR) is 164 cm³/mol. The van der Waals surface area contributed by atoms with E-state index in [0.29, 0.717) is 56.3 Å². The maximum absolute atomic E-state index is 14.0. The fourth-order valence-corrected chi connectivity index (χ4v) is 5.92. The Bertz CT molecular complexity index is 1490. The van der Waals surface area contributed by atoms with Gasteiger partial charge in [0.25, 0.3) is 5.91 Å². The van der Waals surface area contributed by atoms with Gasteiger partial charge in [-0.05, 0) is 53.9 Å². The number of rotatable bonds is 10. The predicted octanol–water partition coefficient (Wildman–Crippen LogP) is 5.33. The highest BCUT2D eigenvalue weighted by Crippen LogP contribution is 2.40. The Morgan fingerprint density at radius 3 is 2.49 bits per heavy atom. The van der Waals surface area contributed by atoms with E-state index in [1.165, 1.54) is 33.4 Å². The van der Waals surface area contributed by atoms with Crippen molar-refractivity contribution in [3.8, 4) is 11.5 Å². The normalized spacial score (nSPS) is 17.1. The van der Waals surface area contributed by atoms with E-state index in [1.807, 2.05) is 23.6 Å². The van der Waals surface area contributed by atoms with Crippen LogP contribution in [0.25, 0.3) is 0 Å². The van der Waals surface area contributed by atoms with Crippen LogP contribution in [-0.2, 0) is 15.7 Å². The molecule has 14 heteroatoms. The third-order valence-corrected chi connectivity index (χ3v) is 8.55. The molecule has 0 bridgehead atoms. The Balaban J connectivity index is 1.40. The minimum atomic E-state index is -4.50. The minimum absolute atomic E-state index is 0.176. The quantitative estimate of drug-likeness (QED) is 0.321. The van der Waals surface area contributed by atoms with Crippen molar-refractivity contribution in [1.82, 2.24) is 14.8 Å². The number of ether oxygens (including phenoxy) is 3. The van der Waals surface area contributed by atoms with Crippen molar-refractivity contribution in [3.05, 3.63) is 76.0 Å². The number of anilines is 1. The molecule has 3 aromatic rings. The third-order valence-electron chi connectivity index (χ3n) is 7.63. The summed E-state index contributed by atoms with van der Waals surface area (Å²) in [7, 11) is 3.10. The molecule has 0 spiro atoms. The number of halogens is 3. The molecular weight excluding hydrogens is 611 g/mol. The van der Waals surface area contributed by atoms with Crippen LogP contribution >= 0.6 is 11.3 Å². The van der Waals surface area contributed by atoms with Crippen LogP contribution in [0.1, 0.15) is 28.5 Å². The fraction of sp³-hybridized carbons (Fsp3) is 0.387. The van der Waals surface area contributed by atoms with Gasteiger partial charge in [0.2, 0.25) is 0 Å². The molecule has 0 aliphatic carbocycles. The Kier molecular flexibility index (Phi) is 10.3. The molecule has 1 aromatic heterocycles. The lowest BCUT2D eigenvalue weighted by atomic mass is 9.99. The van der Waals surface area contributed by atoms with Gasteiger partial charge in [0.15, 0.2) is 0 Å². The summed E-state index contributed by atoms with van der Waals surface area (Å²) in [5, 5.41) is 10.7. The van der Waals surface area contributed by atoms with Gasteiger partial charge in [0.1, 0.15) is 18.0 Å². The summed E-state index contributed by atoms with van der Waals surface area (Å²) in [6.07, 6.45) is -4.08. The van der Waals surface area contributed by atoms with Crippen LogP contribution in [0.3, 0.4) is 0 Å². The van der Waals surface area contributed by atoms with Crippen LogP contribution in [0, 0.1) is 0 Å². The first-order valence-corrected chi connectivity index (χ1v) is 15.2. The van der Waals surface area contributed by atoms with Crippen LogP contribution < -0.4 is 14.8 Å². The zero-order valence-electron chi connectivity index (χ0n) is 24.9. The number of hydrogen-bond donors (Lipinski definition) is 1. The highest BCUT2D eigenvalue weighted by atomic mass is 32.1. The van der Waals surface area contributed by atoms with Crippen molar-refractivity contribution < 1.29 is 37.0 Å². The number of nitrogens with zero attached hydrogens (tertiary/aromatic N) is 4. The van der Waals surface area contributed by atoms with Crippen LogP contribution in [0.5, 0.6) is 11.5 Å². The van der Waals surface area contributed by atoms with Gasteiger partial charge in [-0.1, -0.05) is 6.07 Å². The molecule has 0 saturated carbocycles. The summed E-state index contributed by atoms with van der Waals surface area (Å²) < 4.78 is 55.7. The first-order chi connectivity index (χ1) is 21.7. The number of methoxy groups -OCH3 is 2. The number of thiophene rings is 1. The summed E-state index contributed by atoms with van der Waals surface area (Å²) in [4.78, 5) is 32.0. The Morgan fingerprint density at radius 2 is 1.84 bits per heavy atom. The Morgan fingerprint density at radius 1 is 1.09 bits per heavy atom. The average Bonchev–Trinajstić information content (AvgIpc) is 3.74. The van der Waals surface area contributed by atoms with Crippen molar-refractivity contribution in [2.75, 3.05) is 65.5 Å². The van der Waals surface area contributed by atoms with Gasteiger partial charge in [0.05, 0.1) is 49.6 Å². The molecule has 1 fully saturated rings. The summed E-state index contributed by atoms with van der Waals surface area (Å²) in [5.41, 5.74) is 0.777. The SMILES string of the molecule is COc1ccc(OC)c([C@@H]2CC(c3cccs3)=NN2C(=O)CN(CCN2CCOCC2)C(=O)Nc2ccc(C(F)(F)F)cc2)c1. The topological polar surface area (TPSA) is 95.9 Å². The molecule has 0 radical (unpaired) electrons. The Hall–Kier alpha value is -4.14. The molecule has 5 rings (SSSR count). The molecule has 10 nitrogen and oxygen atoms in total. The lowest BCUT2D eigenvalue weighted by Crippen LogP contribution is -2.47. The molecule has 1 atom stereocenters. The summed E-state index contributed by atoms with van der Waals surface area (Å²) in [5.74, 6) is 0.720. The fourth-order valence-electron chi connectivity index (χ4n) is 5.19. The highest BCUT2D eigenvalue weighted by Gasteiger charge is 2.37. The molecule has 2 aromatic carbocycles. The third kappa shape index (κ3) is 7.93. The number of urea groups is 1. The molecule has 2 aliphatic rings. The van der Waals surface area contributed by atoms with E-state index in [0.717, 1.165) is 22.7 Å². The van der Waals surface area contributed by atoms with E-state index in [2.05, 4.69) is 10.2 Å². The second-order valence-corrected chi connectivity index (χ2v) is 11.4. The molecule has 2 aliphatic heterocycles. The van der Waals surface area contributed by atoms with E-state index in [4.69, 9.17) is 19.3 Å². The number of benzene rings is 2. The zero-order chi connectivity index (χ0) is 32.0. The van der Waals surface area contributed by atoms with Crippen molar-refractivity contribution in [3.63, 3.8) is 0 Å². The molecule has 3 amide bonds. The highest BCUT2D eigenvalue weighted by molar-refractivity contribution is 7.12. The molecular formula is C31H34F3N5O5S. The van der Waals surface area contributed by atoms with Crippen LogP contribution in [-0.4, -0.2) is 92.6 Å². The molecule has 0 unspecified atom stereocenters. The molecule has 45 heavy (non-hydrogen) atoms. The first kappa shape index (κ1) is 32.3. The summed E-state index contributed by atoms with van der Waals surface area (Å²) in [6, 6.07) is 12.2. The maximum Gasteiger partial charge on any atom is 0.416 e. The van der Waals surface area contributed by atoms with Crippen molar-refractivity contribution in [2.24, 2.45) is 5.10 Å². The van der Waals surface area contributed by atoms with Crippen molar-refractivity contribution in [1.29, 1.82) is 0 Å². The van der Waals surface area contributed by atoms with Crippen molar-refractivity contribution >= 4 is 34.7 Å². The molecule has 3 heterocycles. The lowest BCUT2D eigenvalue weighted by Gasteiger charge is -2.31. The van der Waals surface area contributed by atoms with Gasteiger partial charge in [0, 0.05) is 43.9 Å². The second kappa shape index (κ2) is 14.3. The van der Waals surface area contributed by atoms with Crippen molar-refractivity contribution in [2.45, 2.75) is 18.6 Å². The van der Waals surface area contributed by atoms with Crippen LogP contribution in [0.15, 0.2) is 65.1 Å². The monoisotopic (exact) mass is 645 g/mol. The smallest absolute Gasteiger partial charge is 0.416 e. The van der Waals surface area contributed by atoms with Gasteiger partial charge in [-0.2, -0.15) is 18.3 Å². The van der Waals surface area contributed by atoms with Crippen LogP contribution in [0.2, 0.25) is 0 Å². The van der Waals surface area contributed by atoms with Gasteiger partial charge < -0.3 is 24.4 Å². The van der Waals surface area contributed by atoms with Gasteiger partial charge in [-0.15, -0.1) is 11.3 Å². The summed E-state index contributed by atoms with van der Waals surface area (Å²) in [6.45, 7) is 2.85. The van der Waals surface area contributed by atoms with Gasteiger partial charge in [-0.3, -0.25) is 9.69 Å². The van der Waals surface area contributed by atoms with E-state index >= 15 is 0 Å². The van der Waals surface area contributed by atoms with E-state index in [1.54, 1.807) is 26.4 Å². The number of hydrogen-bond acceptors (Lipinski definition) is 8. The minimum Gasteiger partial charge on any atom is -0.497 e. The second-order valence-electron chi connectivity index (χ2n) is 10.5. The number of nitrogens with one attached hydrogen (secondary N) is 1. The Labute approximate surface area is 263 Å². The largest absolute Gasteiger partial charge is 0.497 e. The lowest BCUT2D eigenvalue weighted by molar-refractivity contribution is -0.137. The van der Waals surface area contributed by atoms with E-state index in [-0.39, 0.29) is 18.8 Å².